The van der Waals surface area contributed by atoms with Gasteiger partial charge >= 0.3 is 0 Å². The zero-order chi connectivity index (χ0) is 20.8. The van der Waals surface area contributed by atoms with E-state index in [9.17, 15) is 25.9 Å². The molecule has 2 atom stereocenters. The molecule has 0 rings (SSSR count). The lowest BCUT2D eigenvalue weighted by atomic mass is 10.1. The van der Waals surface area contributed by atoms with E-state index in [1.807, 2.05) is 0 Å². The maximum absolute atomic E-state index is 11.5. The van der Waals surface area contributed by atoms with Gasteiger partial charge in [0.15, 0.2) is 0 Å². The molecule has 0 heterocycles. The number of unbranched alkanes of at least 4 members (excludes halogenated alkanes) is 9. The zero-order valence-corrected chi connectivity index (χ0v) is 18.5. The van der Waals surface area contributed by atoms with Crippen molar-refractivity contribution in [3.05, 3.63) is 0 Å². The van der Waals surface area contributed by atoms with E-state index in [1.165, 1.54) is 58.3 Å². The minimum atomic E-state index is -4.55. The van der Waals surface area contributed by atoms with Gasteiger partial charge in [0.05, 0.1) is 0 Å². The summed E-state index contributed by atoms with van der Waals surface area (Å²) in [5.74, 6) is 0. The molecule has 0 aromatic carbocycles. The number of hydrogen-bond acceptors (Lipinski definition) is 5. The molecule has 0 saturated heterocycles. The van der Waals surface area contributed by atoms with Gasteiger partial charge in [0.1, 0.15) is 10.5 Å². The van der Waals surface area contributed by atoms with Crippen molar-refractivity contribution in [3.63, 3.8) is 0 Å². The standard InChI is InChI=1S/C18H39NO6S2/c1-3-5-6-7-8-9-10-11-12-13-15-19-16-14-18(27(23,24)25)17(4-2)26(20,21)22/h17-19H,3-16H2,1-2H3,(H,20,21,22)(H,23,24,25). The highest BCUT2D eigenvalue weighted by atomic mass is 32.2. The minimum Gasteiger partial charge on any atom is -0.317 e. The summed E-state index contributed by atoms with van der Waals surface area (Å²) in [5, 5.41) is 0.0678. The van der Waals surface area contributed by atoms with Gasteiger partial charge in [0.2, 0.25) is 0 Å². The summed E-state index contributed by atoms with van der Waals surface area (Å²) in [6, 6.07) is 0. The Morgan fingerprint density at radius 1 is 0.667 bits per heavy atom. The topological polar surface area (TPSA) is 121 Å². The first-order chi connectivity index (χ1) is 12.6. The molecule has 164 valence electrons. The summed E-state index contributed by atoms with van der Waals surface area (Å²) in [4.78, 5) is 0. The van der Waals surface area contributed by atoms with Gasteiger partial charge in [-0.15, -0.1) is 0 Å². The second-order valence-electron chi connectivity index (χ2n) is 7.24. The number of nitrogens with one attached hydrogen (secondary N) is 1. The highest BCUT2D eigenvalue weighted by molar-refractivity contribution is 7.90. The van der Waals surface area contributed by atoms with E-state index in [4.69, 9.17) is 0 Å². The third kappa shape index (κ3) is 13.6. The first-order valence-corrected chi connectivity index (χ1v) is 13.3. The molecule has 27 heavy (non-hydrogen) atoms. The molecule has 0 spiro atoms. The van der Waals surface area contributed by atoms with Crippen molar-refractivity contribution in [1.82, 2.24) is 5.32 Å². The first-order valence-electron chi connectivity index (χ1n) is 10.3. The van der Waals surface area contributed by atoms with Crippen LogP contribution in [-0.2, 0) is 20.2 Å². The summed E-state index contributed by atoms with van der Waals surface area (Å²) < 4.78 is 64.1. The van der Waals surface area contributed by atoms with Gasteiger partial charge in [-0.2, -0.15) is 16.8 Å². The average molecular weight is 430 g/mol. The lowest BCUT2D eigenvalue weighted by Crippen LogP contribution is -2.41. The quantitative estimate of drug-likeness (QED) is 0.224. The molecular weight excluding hydrogens is 390 g/mol. The van der Waals surface area contributed by atoms with Crippen molar-refractivity contribution in [2.45, 2.75) is 101 Å². The molecule has 2 unspecified atom stereocenters. The Labute approximate surface area is 166 Å². The third-order valence-corrected chi connectivity index (χ3v) is 7.82. The second kappa shape index (κ2) is 14.7. The molecule has 3 N–H and O–H groups in total. The van der Waals surface area contributed by atoms with Gasteiger partial charge < -0.3 is 5.32 Å². The summed E-state index contributed by atoms with van der Waals surface area (Å²) in [5.41, 5.74) is 0. The predicted octanol–water partition coefficient (Wildman–Crippen LogP) is 3.81. The molecular formula is C18H39NO6S2. The van der Waals surface area contributed by atoms with Crippen LogP contribution in [0.4, 0.5) is 0 Å². The van der Waals surface area contributed by atoms with E-state index in [1.54, 1.807) is 0 Å². The molecule has 0 aliphatic heterocycles. The minimum absolute atomic E-state index is 0.0606. The smallest absolute Gasteiger partial charge is 0.269 e. The van der Waals surface area contributed by atoms with Crippen LogP contribution in [0.2, 0.25) is 0 Å². The van der Waals surface area contributed by atoms with Crippen molar-refractivity contribution < 1.29 is 25.9 Å². The van der Waals surface area contributed by atoms with Gasteiger partial charge in [0, 0.05) is 0 Å². The van der Waals surface area contributed by atoms with Crippen molar-refractivity contribution in [2.75, 3.05) is 13.1 Å². The zero-order valence-electron chi connectivity index (χ0n) is 16.9. The average Bonchev–Trinajstić information content (AvgIpc) is 2.55. The Morgan fingerprint density at radius 2 is 1.11 bits per heavy atom. The van der Waals surface area contributed by atoms with Crippen molar-refractivity contribution in [1.29, 1.82) is 0 Å². The summed E-state index contributed by atoms with van der Waals surface area (Å²) in [6.45, 7) is 4.67. The molecule has 0 fully saturated rings. The molecule has 0 aliphatic rings. The summed E-state index contributed by atoms with van der Waals surface area (Å²) >= 11 is 0. The molecule has 0 amide bonds. The number of rotatable bonds is 18. The highest BCUT2D eigenvalue weighted by Crippen LogP contribution is 2.19. The van der Waals surface area contributed by atoms with Crippen molar-refractivity contribution >= 4 is 20.2 Å². The van der Waals surface area contributed by atoms with Crippen LogP contribution < -0.4 is 5.32 Å². The third-order valence-electron chi connectivity index (χ3n) is 4.89. The van der Waals surface area contributed by atoms with Gasteiger partial charge in [-0.3, -0.25) is 9.11 Å². The van der Waals surface area contributed by atoms with Crippen LogP contribution in [0.1, 0.15) is 90.9 Å². The molecule has 0 aromatic heterocycles. The Hall–Kier alpha value is -0.220. The summed E-state index contributed by atoms with van der Waals surface area (Å²) in [6.07, 6.45) is 12.2. The van der Waals surface area contributed by atoms with E-state index in [2.05, 4.69) is 12.2 Å². The SMILES string of the molecule is CCCCCCCCCCCCNCCC(C(CC)S(=O)(=O)O)S(=O)(=O)O. The van der Waals surface area contributed by atoms with Crippen molar-refractivity contribution in [3.8, 4) is 0 Å². The van der Waals surface area contributed by atoms with Crippen LogP contribution in [0.5, 0.6) is 0 Å². The Bertz CT molecular complexity index is 562. The van der Waals surface area contributed by atoms with E-state index in [0.29, 0.717) is 0 Å². The molecule has 0 bridgehead atoms. The van der Waals surface area contributed by atoms with Crippen LogP contribution in [0.15, 0.2) is 0 Å². The van der Waals surface area contributed by atoms with Crippen LogP contribution in [0, 0.1) is 0 Å². The normalized spacial score (nSPS) is 15.0. The van der Waals surface area contributed by atoms with Gasteiger partial charge in [-0.25, -0.2) is 0 Å². The highest BCUT2D eigenvalue weighted by Gasteiger charge is 2.38. The molecule has 0 aliphatic carbocycles. The molecule has 0 saturated carbocycles. The van der Waals surface area contributed by atoms with Crippen molar-refractivity contribution in [2.24, 2.45) is 0 Å². The lowest BCUT2D eigenvalue weighted by Gasteiger charge is -2.21. The van der Waals surface area contributed by atoms with Crippen LogP contribution >= 0.6 is 0 Å². The number of hydrogen-bond donors (Lipinski definition) is 3. The fourth-order valence-corrected chi connectivity index (χ4v) is 6.07. The molecule has 0 radical (unpaired) electrons. The lowest BCUT2D eigenvalue weighted by molar-refractivity contribution is 0.425. The van der Waals surface area contributed by atoms with Crippen LogP contribution in [0.25, 0.3) is 0 Å². The first kappa shape index (κ1) is 26.8. The van der Waals surface area contributed by atoms with Gasteiger partial charge in [-0.05, 0) is 32.4 Å². The largest absolute Gasteiger partial charge is 0.317 e. The van der Waals surface area contributed by atoms with Gasteiger partial charge in [-0.1, -0.05) is 71.6 Å². The van der Waals surface area contributed by atoms with Crippen LogP contribution in [0.3, 0.4) is 0 Å². The maximum Gasteiger partial charge on any atom is 0.269 e. The molecule has 9 heteroatoms. The monoisotopic (exact) mass is 429 g/mol. The second-order valence-corrected chi connectivity index (χ2v) is 10.5. The van der Waals surface area contributed by atoms with Gasteiger partial charge in [0.25, 0.3) is 20.2 Å². The van der Waals surface area contributed by atoms with E-state index < -0.39 is 30.7 Å². The Kier molecular flexibility index (Phi) is 14.6. The maximum atomic E-state index is 11.5. The Morgan fingerprint density at radius 3 is 1.52 bits per heavy atom. The van der Waals surface area contributed by atoms with E-state index in [0.717, 1.165) is 19.4 Å². The summed E-state index contributed by atoms with van der Waals surface area (Å²) in [7, 11) is -9.09. The Balaban J connectivity index is 3.91. The fourth-order valence-electron chi connectivity index (χ4n) is 3.30. The van der Waals surface area contributed by atoms with Crippen LogP contribution in [-0.4, -0.2) is 49.5 Å². The molecule has 7 nitrogen and oxygen atoms in total. The predicted molar refractivity (Wildman–Crippen MR) is 110 cm³/mol. The van der Waals surface area contributed by atoms with E-state index >= 15 is 0 Å². The molecule has 0 aromatic rings. The van der Waals surface area contributed by atoms with E-state index in [-0.39, 0.29) is 19.4 Å². The fraction of sp³-hybridized carbons (Fsp3) is 1.00.